The zero-order valence-corrected chi connectivity index (χ0v) is 5.22. The minimum absolute atomic E-state index is 1.03. The summed E-state index contributed by atoms with van der Waals surface area (Å²) in [6, 6.07) is 0. The topological polar surface area (TPSA) is 15.3 Å². The normalized spacial score (nSPS) is 46.1. The van der Waals surface area contributed by atoms with Crippen molar-refractivity contribution in [2.75, 3.05) is 20.1 Å². The fraction of sp³-hybridized carbons (Fsp3) is 1.00. The summed E-state index contributed by atoms with van der Waals surface area (Å²) in [6.45, 7) is 2.49. The van der Waals surface area contributed by atoms with Crippen LogP contribution in [0.1, 0.15) is 6.42 Å². The zero-order valence-electron chi connectivity index (χ0n) is 5.22. The second kappa shape index (κ2) is 1.45. The first kappa shape index (κ1) is 4.77. The molecule has 0 radical (unpaired) electrons. The number of hydrogen-bond acceptors (Lipinski definition) is 2. The Labute approximate surface area is 49.8 Å². The summed E-state index contributed by atoms with van der Waals surface area (Å²) < 4.78 is 0. The van der Waals surface area contributed by atoms with Crippen molar-refractivity contribution in [1.29, 1.82) is 0 Å². The van der Waals surface area contributed by atoms with Crippen LogP contribution >= 0.6 is 0 Å². The SMILES string of the molecule is CN1CC2CC2CN1. The third-order valence-electron chi connectivity index (χ3n) is 2.20. The molecule has 46 valence electrons. The van der Waals surface area contributed by atoms with Crippen molar-refractivity contribution in [2.24, 2.45) is 11.8 Å². The Hall–Kier alpha value is -0.0800. The van der Waals surface area contributed by atoms with E-state index in [2.05, 4.69) is 17.5 Å². The minimum atomic E-state index is 1.03. The molecule has 0 bridgehead atoms. The summed E-state index contributed by atoms with van der Waals surface area (Å²) in [5, 5.41) is 2.20. The highest BCUT2D eigenvalue weighted by Gasteiger charge is 2.40. The standard InChI is InChI=1S/C6H12N2/c1-8-4-6-2-5(6)3-7-8/h5-7H,2-4H2,1H3. The predicted octanol–water partition coefficient (Wildman–Crippen LogP) is 0.0725. The molecule has 1 N–H and O–H groups in total. The van der Waals surface area contributed by atoms with Gasteiger partial charge in [0.1, 0.15) is 0 Å². The molecule has 2 fully saturated rings. The molecule has 2 rings (SSSR count). The Morgan fingerprint density at radius 3 is 3.00 bits per heavy atom. The van der Waals surface area contributed by atoms with E-state index in [1.165, 1.54) is 19.5 Å². The summed E-state index contributed by atoms with van der Waals surface area (Å²) in [5.74, 6) is 2.08. The number of rotatable bonds is 0. The second-order valence-electron chi connectivity index (χ2n) is 3.00. The summed E-state index contributed by atoms with van der Waals surface area (Å²) in [6.07, 6.45) is 1.47. The van der Waals surface area contributed by atoms with Gasteiger partial charge in [-0.15, -0.1) is 0 Å². The van der Waals surface area contributed by atoms with Gasteiger partial charge in [-0.25, -0.2) is 5.01 Å². The maximum Gasteiger partial charge on any atom is 0.0159 e. The molecule has 0 aromatic carbocycles. The molecule has 2 heteroatoms. The van der Waals surface area contributed by atoms with Gasteiger partial charge in [-0.3, -0.25) is 5.43 Å². The Balaban J connectivity index is 1.93. The smallest absolute Gasteiger partial charge is 0.0159 e. The summed E-state index contributed by atoms with van der Waals surface area (Å²) in [4.78, 5) is 0. The summed E-state index contributed by atoms with van der Waals surface area (Å²) >= 11 is 0. The lowest BCUT2D eigenvalue weighted by Gasteiger charge is -2.22. The molecule has 0 spiro atoms. The van der Waals surface area contributed by atoms with E-state index in [0.717, 1.165) is 11.8 Å². The molecule has 2 nitrogen and oxygen atoms in total. The van der Waals surface area contributed by atoms with Crippen LogP contribution in [0.2, 0.25) is 0 Å². The van der Waals surface area contributed by atoms with E-state index in [4.69, 9.17) is 0 Å². The average Bonchev–Trinajstić information content (AvgIpc) is 2.43. The third kappa shape index (κ3) is 0.644. The molecule has 1 aliphatic heterocycles. The quantitative estimate of drug-likeness (QED) is 0.477. The van der Waals surface area contributed by atoms with Crippen LogP contribution in [0.4, 0.5) is 0 Å². The van der Waals surface area contributed by atoms with E-state index in [9.17, 15) is 0 Å². The van der Waals surface area contributed by atoms with Gasteiger partial charge in [0.15, 0.2) is 0 Å². The zero-order chi connectivity index (χ0) is 5.56. The third-order valence-corrected chi connectivity index (χ3v) is 2.20. The van der Waals surface area contributed by atoms with Crippen molar-refractivity contribution in [1.82, 2.24) is 10.4 Å². The molecule has 2 atom stereocenters. The van der Waals surface area contributed by atoms with E-state index in [-0.39, 0.29) is 0 Å². The van der Waals surface area contributed by atoms with Gasteiger partial charge < -0.3 is 0 Å². The maximum atomic E-state index is 3.31. The van der Waals surface area contributed by atoms with Crippen LogP contribution in [0.15, 0.2) is 0 Å². The highest BCUT2D eigenvalue weighted by Crippen LogP contribution is 2.39. The van der Waals surface area contributed by atoms with Crippen molar-refractivity contribution < 1.29 is 0 Å². The lowest BCUT2D eigenvalue weighted by atomic mass is 10.3. The summed E-state index contributed by atoms with van der Waals surface area (Å²) in [5.41, 5.74) is 3.31. The molecule has 1 aliphatic carbocycles. The van der Waals surface area contributed by atoms with E-state index in [0.29, 0.717) is 0 Å². The van der Waals surface area contributed by atoms with Crippen LogP contribution in [-0.2, 0) is 0 Å². The first-order valence-electron chi connectivity index (χ1n) is 3.31. The van der Waals surface area contributed by atoms with Gasteiger partial charge >= 0.3 is 0 Å². The molecule has 0 aromatic heterocycles. The van der Waals surface area contributed by atoms with Crippen LogP contribution in [-0.4, -0.2) is 25.1 Å². The van der Waals surface area contributed by atoms with E-state index in [1.807, 2.05) is 0 Å². The lowest BCUT2D eigenvalue weighted by molar-refractivity contribution is 0.186. The lowest BCUT2D eigenvalue weighted by Crippen LogP contribution is -2.41. The molecule has 1 heterocycles. The van der Waals surface area contributed by atoms with Crippen LogP contribution < -0.4 is 5.43 Å². The van der Waals surface area contributed by atoms with Gasteiger partial charge in [-0.2, -0.15) is 0 Å². The Morgan fingerprint density at radius 1 is 1.50 bits per heavy atom. The van der Waals surface area contributed by atoms with Gasteiger partial charge in [-0.05, 0) is 18.3 Å². The molecule has 1 saturated heterocycles. The monoisotopic (exact) mass is 112 g/mol. The van der Waals surface area contributed by atoms with E-state index in [1.54, 1.807) is 0 Å². The number of hydrogen-bond donors (Lipinski definition) is 1. The van der Waals surface area contributed by atoms with Gasteiger partial charge in [-0.1, -0.05) is 0 Å². The number of fused-ring (bicyclic) bond motifs is 1. The molecular formula is C6H12N2. The number of nitrogens with zero attached hydrogens (tertiary/aromatic N) is 1. The Bertz CT molecular complexity index is 103. The molecule has 2 aliphatic rings. The Kier molecular flexibility index (Phi) is 0.866. The molecule has 2 unspecified atom stereocenters. The van der Waals surface area contributed by atoms with Gasteiger partial charge in [0, 0.05) is 20.1 Å². The fourth-order valence-corrected chi connectivity index (χ4v) is 1.47. The first-order chi connectivity index (χ1) is 3.86. The van der Waals surface area contributed by atoms with Crippen LogP contribution in [0.3, 0.4) is 0 Å². The van der Waals surface area contributed by atoms with Crippen LogP contribution in [0.5, 0.6) is 0 Å². The maximum absolute atomic E-state index is 3.31. The Morgan fingerprint density at radius 2 is 2.38 bits per heavy atom. The largest absolute Gasteiger partial charge is 0.255 e. The van der Waals surface area contributed by atoms with Crippen molar-refractivity contribution in [2.45, 2.75) is 6.42 Å². The van der Waals surface area contributed by atoms with Gasteiger partial charge in [0.25, 0.3) is 0 Å². The van der Waals surface area contributed by atoms with Gasteiger partial charge in [0.05, 0.1) is 0 Å². The van der Waals surface area contributed by atoms with Crippen molar-refractivity contribution in [3.63, 3.8) is 0 Å². The fourth-order valence-electron chi connectivity index (χ4n) is 1.47. The van der Waals surface area contributed by atoms with Crippen LogP contribution in [0.25, 0.3) is 0 Å². The van der Waals surface area contributed by atoms with Crippen molar-refractivity contribution in [3.8, 4) is 0 Å². The highest BCUT2D eigenvalue weighted by molar-refractivity contribution is 4.91. The molecule has 1 saturated carbocycles. The second-order valence-corrected chi connectivity index (χ2v) is 3.00. The van der Waals surface area contributed by atoms with E-state index >= 15 is 0 Å². The van der Waals surface area contributed by atoms with Crippen molar-refractivity contribution in [3.05, 3.63) is 0 Å². The number of hydrazine groups is 1. The predicted molar refractivity (Wildman–Crippen MR) is 32.2 cm³/mol. The minimum Gasteiger partial charge on any atom is -0.255 e. The average molecular weight is 112 g/mol. The number of nitrogens with one attached hydrogen (secondary N) is 1. The molecule has 0 aromatic rings. The van der Waals surface area contributed by atoms with E-state index < -0.39 is 0 Å². The van der Waals surface area contributed by atoms with Crippen LogP contribution in [0, 0.1) is 11.8 Å². The molecule has 0 amide bonds. The summed E-state index contributed by atoms with van der Waals surface area (Å²) in [7, 11) is 2.12. The highest BCUT2D eigenvalue weighted by atomic mass is 15.5. The molecular weight excluding hydrogens is 100 g/mol. The first-order valence-corrected chi connectivity index (χ1v) is 3.31. The molecule has 8 heavy (non-hydrogen) atoms. The van der Waals surface area contributed by atoms with Gasteiger partial charge in [0.2, 0.25) is 0 Å². The van der Waals surface area contributed by atoms with Crippen molar-refractivity contribution >= 4 is 0 Å².